The second-order valence-corrected chi connectivity index (χ2v) is 3.14. The monoisotopic (exact) mass is 184 g/mol. The Morgan fingerprint density at radius 1 is 1.21 bits per heavy atom. The molecule has 0 radical (unpaired) electrons. The number of oxazole rings is 1. The normalized spacial score (nSPS) is 10.9. The SMILES string of the molecule is c1ccc2[nH]c(-c3cocn3)cc2c1. The van der Waals surface area contributed by atoms with Gasteiger partial charge in [0.25, 0.3) is 0 Å². The molecule has 0 fully saturated rings. The maximum Gasteiger partial charge on any atom is 0.181 e. The van der Waals surface area contributed by atoms with Crippen LogP contribution in [-0.4, -0.2) is 9.97 Å². The van der Waals surface area contributed by atoms with Crippen LogP contribution in [0.3, 0.4) is 0 Å². The van der Waals surface area contributed by atoms with Crippen molar-refractivity contribution in [2.75, 3.05) is 0 Å². The molecule has 3 aromatic rings. The number of nitrogens with one attached hydrogen (secondary N) is 1. The molecule has 0 aliphatic carbocycles. The summed E-state index contributed by atoms with van der Waals surface area (Å²) < 4.78 is 4.93. The summed E-state index contributed by atoms with van der Waals surface area (Å²) >= 11 is 0. The molecule has 0 atom stereocenters. The summed E-state index contributed by atoms with van der Waals surface area (Å²) in [5.41, 5.74) is 2.94. The first kappa shape index (κ1) is 7.38. The Balaban J connectivity index is 2.24. The molecule has 0 amide bonds. The molecule has 2 aromatic heterocycles. The summed E-state index contributed by atoms with van der Waals surface area (Å²) in [5, 5.41) is 1.19. The minimum absolute atomic E-state index is 0.834. The summed E-state index contributed by atoms with van der Waals surface area (Å²) in [7, 11) is 0. The smallest absolute Gasteiger partial charge is 0.181 e. The van der Waals surface area contributed by atoms with Crippen LogP contribution in [0.25, 0.3) is 22.3 Å². The van der Waals surface area contributed by atoms with Crippen molar-refractivity contribution in [1.29, 1.82) is 0 Å². The van der Waals surface area contributed by atoms with Crippen molar-refractivity contribution in [3.05, 3.63) is 43.0 Å². The molecule has 0 saturated heterocycles. The number of para-hydroxylation sites is 1. The number of hydrogen-bond acceptors (Lipinski definition) is 2. The van der Waals surface area contributed by atoms with Gasteiger partial charge in [-0.3, -0.25) is 0 Å². The van der Waals surface area contributed by atoms with E-state index in [4.69, 9.17) is 4.42 Å². The molecule has 2 heterocycles. The van der Waals surface area contributed by atoms with Gasteiger partial charge in [-0.2, -0.15) is 0 Å². The third-order valence-electron chi connectivity index (χ3n) is 2.24. The molecule has 0 aliphatic rings. The summed E-state index contributed by atoms with van der Waals surface area (Å²) in [4.78, 5) is 7.36. The number of nitrogens with zero attached hydrogens (tertiary/aromatic N) is 1. The van der Waals surface area contributed by atoms with E-state index in [-0.39, 0.29) is 0 Å². The average molecular weight is 184 g/mol. The number of hydrogen-bond donors (Lipinski definition) is 1. The summed E-state index contributed by atoms with van der Waals surface area (Å²) in [6.07, 6.45) is 3.06. The quantitative estimate of drug-likeness (QED) is 0.631. The fourth-order valence-electron chi connectivity index (χ4n) is 1.56. The van der Waals surface area contributed by atoms with Gasteiger partial charge < -0.3 is 9.40 Å². The number of benzene rings is 1. The lowest BCUT2D eigenvalue weighted by atomic mass is 10.2. The zero-order valence-corrected chi connectivity index (χ0v) is 7.40. The molecular formula is C11H8N2O. The van der Waals surface area contributed by atoms with Crippen LogP contribution >= 0.6 is 0 Å². The highest BCUT2D eigenvalue weighted by atomic mass is 16.3. The van der Waals surface area contributed by atoms with Crippen LogP contribution in [0.1, 0.15) is 0 Å². The molecule has 3 rings (SSSR count). The Labute approximate surface area is 80.4 Å². The zero-order valence-electron chi connectivity index (χ0n) is 7.40. The molecule has 3 heteroatoms. The van der Waals surface area contributed by atoms with Gasteiger partial charge >= 0.3 is 0 Å². The number of rotatable bonds is 1. The molecule has 1 aromatic carbocycles. The zero-order chi connectivity index (χ0) is 9.38. The van der Waals surface area contributed by atoms with Crippen LogP contribution < -0.4 is 0 Å². The lowest BCUT2D eigenvalue weighted by Gasteiger charge is -1.86. The van der Waals surface area contributed by atoms with Gasteiger partial charge in [0.15, 0.2) is 6.39 Å². The van der Waals surface area contributed by atoms with E-state index in [1.54, 1.807) is 6.26 Å². The summed E-state index contributed by atoms with van der Waals surface area (Å²) in [6, 6.07) is 10.2. The average Bonchev–Trinajstić information content (AvgIpc) is 2.86. The first-order valence-electron chi connectivity index (χ1n) is 4.40. The Morgan fingerprint density at radius 3 is 2.93 bits per heavy atom. The molecule has 0 unspecified atom stereocenters. The summed E-state index contributed by atoms with van der Waals surface area (Å²) in [5.74, 6) is 0. The highest BCUT2D eigenvalue weighted by molar-refractivity contribution is 5.84. The van der Waals surface area contributed by atoms with Crippen molar-refractivity contribution < 1.29 is 4.42 Å². The second kappa shape index (κ2) is 2.73. The van der Waals surface area contributed by atoms with Crippen LogP contribution in [0.15, 0.2) is 47.4 Å². The van der Waals surface area contributed by atoms with Gasteiger partial charge in [-0.05, 0) is 12.1 Å². The lowest BCUT2D eigenvalue weighted by Crippen LogP contribution is -1.74. The van der Waals surface area contributed by atoms with Crippen LogP contribution in [0.2, 0.25) is 0 Å². The van der Waals surface area contributed by atoms with Gasteiger partial charge in [-0.25, -0.2) is 4.98 Å². The van der Waals surface area contributed by atoms with Crippen molar-refractivity contribution in [3.63, 3.8) is 0 Å². The molecule has 0 bridgehead atoms. The van der Waals surface area contributed by atoms with E-state index in [1.165, 1.54) is 11.8 Å². The third kappa shape index (κ3) is 1.03. The van der Waals surface area contributed by atoms with Gasteiger partial charge in [0, 0.05) is 10.9 Å². The third-order valence-corrected chi connectivity index (χ3v) is 2.24. The Kier molecular flexibility index (Phi) is 1.44. The van der Waals surface area contributed by atoms with E-state index in [0.717, 1.165) is 16.9 Å². The standard InChI is InChI=1S/C11H8N2O/c1-2-4-9-8(3-1)5-10(13-9)11-6-14-7-12-11/h1-7,13H. The van der Waals surface area contributed by atoms with E-state index in [2.05, 4.69) is 22.1 Å². The second-order valence-electron chi connectivity index (χ2n) is 3.14. The number of fused-ring (bicyclic) bond motifs is 1. The van der Waals surface area contributed by atoms with Crippen LogP contribution in [0, 0.1) is 0 Å². The number of aromatic amines is 1. The highest BCUT2D eigenvalue weighted by Crippen LogP contribution is 2.22. The van der Waals surface area contributed by atoms with Crippen LogP contribution in [0.4, 0.5) is 0 Å². The highest BCUT2D eigenvalue weighted by Gasteiger charge is 2.04. The van der Waals surface area contributed by atoms with Crippen molar-refractivity contribution in [1.82, 2.24) is 9.97 Å². The lowest BCUT2D eigenvalue weighted by molar-refractivity contribution is 0.558. The number of aromatic nitrogens is 2. The van der Waals surface area contributed by atoms with Gasteiger partial charge in [-0.1, -0.05) is 18.2 Å². The maximum atomic E-state index is 4.93. The fraction of sp³-hybridized carbons (Fsp3) is 0. The Hall–Kier alpha value is -2.03. The molecule has 68 valence electrons. The molecule has 0 spiro atoms. The van der Waals surface area contributed by atoms with E-state index in [1.807, 2.05) is 18.2 Å². The van der Waals surface area contributed by atoms with Crippen molar-refractivity contribution >= 4 is 10.9 Å². The molecule has 1 N–H and O–H groups in total. The van der Waals surface area contributed by atoms with Gasteiger partial charge in [0.2, 0.25) is 0 Å². The predicted molar refractivity (Wildman–Crippen MR) is 53.8 cm³/mol. The van der Waals surface area contributed by atoms with E-state index in [0.29, 0.717) is 0 Å². The molecule has 0 aliphatic heterocycles. The molecular weight excluding hydrogens is 176 g/mol. The van der Waals surface area contributed by atoms with E-state index < -0.39 is 0 Å². The summed E-state index contributed by atoms with van der Waals surface area (Å²) in [6.45, 7) is 0. The minimum Gasteiger partial charge on any atom is -0.451 e. The van der Waals surface area contributed by atoms with Crippen LogP contribution in [0.5, 0.6) is 0 Å². The van der Waals surface area contributed by atoms with E-state index >= 15 is 0 Å². The molecule has 3 nitrogen and oxygen atoms in total. The fourth-order valence-corrected chi connectivity index (χ4v) is 1.56. The first-order chi connectivity index (χ1) is 6.93. The number of H-pyrrole nitrogens is 1. The van der Waals surface area contributed by atoms with Gasteiger partial charge in [0.1, 0.15) is 12.0 Å². The maximum absolute atomic E-state index is 4.93. The van der Waals surface area contributed by atoms with Crippen LogP contribution in [-0.2, 0) is 0 Å². The predicted octanol–water partition coefficient (Wildman–Crippen LogP) is 2.82. The molecule has 0 saturated carbocycles. The minimum atomic E-state index is 0.834. The largest absolute Gasteiger partial charge is 0.451 e. The first-order valence-corrected chi connectivity index (χ1v) is 4.40. The van der Waals surface area contributed by atoms with Gasteiger partial charge in [0.05, 0.1) is 5.69 Å². The topological polar surface area (TPSA) is 41.8 Å². The van der Waals surface area contributed by atoms with E-state index in [9.17, 15) is 0 Å². The molecule has 14 heavy (non-hydrogen) atoms. The van der Waals surface area contributed by atoms with Gasteiger partial charge in [-0.15, -0.1) is 0 Å². The van der Waals surface area contributed by atoms with Crippen molar-refractivity contribution in [2.24, 2.45) is 0 Å². The van der Waals surface area contributed by atoms with Crippen molar-refractivity contribution in [3.8, 4) is 11.4 Å². The Morgan fingerprint density at radius 2 is 2.14 bits per heavy atom. The van der Waals surface area contributed by atoms with Crippen molar-refractivity contribution in [2.45, 2.75) is 0 Å². The Bertz CT molecular complexity index is 518.